The van der Waals surface area contributed by atoms with Crippen LogP contribution in [0.1, 0.15) is 49.5 Å². The molecule has 5 heteroatoms. The van der Waals surface area contributed by atoms with Crippen molar-refractivity contribution < 1.29 is 9.32 Å². The Kier molecular flexibility index (Phi) is 6.94. The summed E-state index contributed by atoms with van der Waals surface area (Å²) in [6.45, 7) is 12.8. The molecule has 3 aromatic carbocycles. The van der Waals surface area contributed by atoms with Gasteiger partial charge in [0.15, 0.2) is 0 Å². The van der Waals surface area contributed by atoms with E-state index in [0.29, 0.717) is 17.0 Å². The number of nitrogens with zero attached hydrogens (tertiary/aromatic N) is 1. The van der Waals surface area contributed by atoms with E-state index in [1.165, 1.54) is 33.4 Å². The maximum absolute atomic E-state index is 13.3. The lowest BCUT2D eigenvalue weighted by Crippen LogP contribution is -2.14. The number of aromatic nitrogens is 1. The van der Waals surface area contributed by atoms with Crippen molar-refractivity contribution >= 4 is 23.4 Å². The minimum absolute atomic E-state index is 0.222. The summed E-state index contributed by atoms with van der Waals surface area (Å²) in [6.07, 6.45) is 0. The van der Waals surface area contributed by atoms with Gasteiger partial charge in [0.05, 0.1) is 5.69 Å². The fourth-order valence-electron chi connectivity index (χ4n) is 4.26. The average Bonchev–Trinajstić information content (AvgIpc) is 3.24. The lowest BCUT2D eigenvalue weighted by Gasteiger charge is -2.19. The van der Waals surface area contributed by atoms with E-state index in [4.69, 9.17) is 4.52 Å². The molecule has 0 aliphatic heterocycles. The van der Waals surface area contributed by atoms with Gasteiger partial charge in [-0.05, 0) is 87.1 Å². The van der Waals surface area contributed by atoms with Gasteiger partial charge in [-0.1, -0.05) is 47.6 Å². The van der Waals surface area contributed by atoms with Gasteiger partial charge in [0.25, 0.3) is 5.91 Å². The van der Waals surface area contributed by atoms with Crippen molar-refractivity contribution in [3.8, 4) is 11.3 Å². The Bertz CT molecular complexity index is 1330. The second-order valence-corrected chi connectivity index (χ2v) is 9.69. The zero-order valence-electron chi connectivity index (χ0n) is 20.6. The highest BCUT2D eigenvalue weighted by Crippen LogP contribution is 2.35. The largest absolute Gasteiger partial charge is 0.360 e. The summed E-state index contributed by atoms with van der Waals surface area (Å²) in [5.74, 6) is 1.12. The predicted octanol–water partition coefficient (Wildman–Crippen LogP) is 7.74. The molecular formula is C29H30N2O2S. The number of hydrogen-bond donors (Lipinski definition) is 1. The maximum Gasteiger partial charge on any atom is 0.261 e. The van der Waals surface area contributed by atoms with Crippen molar-refractivity contribution in [2.75, 3.05) is 5.32 Å². The molecule has 0 atom stereocenters. The van der Waals surface area contributed by atoms with Crippen LogP contribution >= 0.6 is 11.8 Å². The van der Waals surface area contributed by atoms with Crippen LogP contribution in [0.5, 0.6) is 0 Å². The molecule has 0 saturated heterocycles. The summed E-state index contributed by atoms with van der Waals surface area (Å²) >= 11 is 1.74. The summed E-state index contributed by atoms with van der Waals surface area (Å²) in [6, 6.07) is 17.6. The molecule has 4 nitrogen and oxygen atoms in total. The Morgan fingerprint density at radius 3 is 2.09 bits per heavy atom. The molecule has 34 heavy (non-hydrogen) atoms. The number of aryl methyl sites for hydroxylation is 1. The number of carbonyl (C=O) groups excluding carboxylic acids is 1. The van der Waals surface area contributed by atoms with Crippen LogP contribution in [0.3, 0.4) is 0 Å². The molecule has 174 valence electrons. The summed E-state index contributed by atoms with van der Waals surface area (Å²) in [4.78, 5) is 14.4. The van der Waals surface area contributed by atoms with E-state index in [9.17, 15) is 4.79 Å². The standard InChI is InChI=1S/C29H30N2O2S/c1-17-18(2)20(4)24(21(5)19(17)3)16-34-26-15-11-10-14-25(26)30-29(32)27-22(6)33-31-28(27)23-12-8-7-9-13-23/h7-15H,16H2,1-6H3,(H,30,32). The molecule has 0 radical (unpaired) electrons. The summed E-state index contributed by atoms with van der Waals surface area (Å²) in [5.41, 5.74) is 10.8. The van der Waals surface area contributed by atoms with Crippen molar-refractivity contribution in [1.29, 1.82) is 0 Å². The van der Waals surface area contributed by atoms with E-state index >= 15 is 0 Å². The Morgan fingerprint density at radius 2 is 1.41 bits per heavy atom. The van der Waals surface area contributed by atoms with Crippen LogP contribution in [0.2, 0.25) is 0 Å². The number of carbonyl (C=O) groups is 1. The van der Waals surface area contributed by atoms with Crippen molar-refractivity contribution in [2.45, 2.75) is 52.2 Å². The number of para-hydroxylation sites is 1. The second kappa shape index (κ2) is 9.90. The summed E-state index contributed by atoms with van der Waals surface area (Å²) in [5, 5.41) is 7.25. The van der Waals surface area contributed by atoms with Crippen LogP contribution in [0.25, 0.3) is 11.3 Å². The molecule has 0 spiro atoms. The normalized spacial score (nSPS) is 11.0. The smallest absolute Gasteiger partial charge is 0.261 e. The predicted molar refractivity (Wildman–Crippen MR) is 141 cm³/mol. The van der Waals surface area contributed by atoms with E-state index in [1.807, 2.05) is 48.5 Å². The van der Waals surface area contributed by atoms with E-state index in [2.05, 4.69) is 51.2 Å². The van der Waals surface area contributed by atoms with Crippen LogP contribution < -0.4 is 5.32 Å². The fraction of sp³-hybridized carbons (Fsp3) is 0.241. The first-order valence-corrected chi connectivity index (χ1v) is 12.4. The third-order valence-electron chi connectivity index (χ3n) is 6.80. The third kappa shape index (κ3) is 4.53. The van der Waals surface area contributed by atoms with Crippen LogP contribution in [-0.2, 0) is 5.75 Å². The third-order valence-corrected chi connectivity index (χ3v) is 7.90. The van der Waals surface area contributed by atoms with Gasteiger partial charge in [-0.25, -0.2) is 0 Å². The van der Waals surface area contributed by atoms with Crippen molar-refractivity contribution in [1.82, 2.24) is 5.16 Å². The minimum Gasteiger partial charge on any atom is -0.360 e. The van der Waals surface area contributed by atoms with Crippen molar-refractivity contribution in [3.05, 3.63) is 99.3 Å². The number of rotatable bonds is 6. The molecule has 0 unspecified atom stereocenters. The van der Waals surface area contributed by atoms with Gasteiger partial charge < -0.3 is 9.84 Å². The minimum atomic E-state index is -0.222. The van der Waals surface area contributed by atoms with Crippen LogP contribution in [0.15, 0.2) is 64.0 Å². The molecule has 1 aromatic heterocycles. The first kappa shape index (κ1) is 23.8. The maximum atomic E-state index is 13.3. The van der Waals surface area contributed by atoms with Crippen LogP contribution in [-0.4, -0.2) is 11.1 Å². The quantitative estimate of drug-likeness (QED) is 0.293. The van der Waals surface area contributed by atoms with Crippen LogP contribution in [0.4, 0.5) is 5.69 Å². The monoisotopic (exact) mass is 470 g/mol. The highest BCUT2D eigenvalue weighted by atomic mass is 32.2. The van der Waals surface area contributed by atoms with Crippen molar-refractivity contribution in [3.63, 3.8) is 0 Å². The molecular weight excluding hydrogens is 440 g/mol. The first-order valence-electron chi connectivity index (χ1n) is 11.4. The van der Waals surface area contributed by atoms with Gasteiger partial charge in [0, 0.05) is 16.2 Å². The highest BCUT2D eigenvalue weighted by Gasteiger charge is 2.22. The molecule has 0 saturated carbocycles. The highest BCUT2D eigenvalue weighted by molar-refractivity contribution is 7.98. The van der Waals surface area contributed by atoms with E-state index in [-0.39, 0.29) is 5.91 Å². The topological polar surface area (TPSA) is 55.1 Å². The zero-order chi connectivity index (χ0) is 24.4. The SMILES string of the molecule is Cc1onc(-c2ccccc2)c1C(=O)Nc1ccccc1SCc1c(C)c(C)c(C)c(C)c1C. The van der Waals surface area contributed by atoms with E-state index in [1.54, 1.807) is 18.7 Å². The van der Waals surface area contributed by atoms with Gasteiger partial charge in [-0.15, -0.1) is 11.8 Å². The van der Waals surface area contributed by atoms with Gasteiger partial charge in [-0.2, -0.15) is 0 Å². The number of benzene rings is 3. The average molecular weight is 471 g/mol. The lowest BCUT2D eigenvalue weighted by molar-refractivity contribution is 0.102. The van der Waals surface area contributed by atoms with Crippen molar-refractivity contribution in [2.24, 2.45) is 0 Å². The van der Waals surface area contributed by atoms with Crippen LogP contribution in [0, 0.1) is 41.5 Å². The molecule has 0 bridgehead atoms. The second-order valence-electron chi connectivity index (χ2n) is 8.67. The molecule has 0 aliphatic rings. The Balaban J connectivity index is 1.60. The lowest BCUT2D eigenvalue weighted by atomic mass is 9.90. The summed E-state index contributed by atoms with van der Waals surface area (Å²) in [7, 11) is 0. The molecule has 1 N–H and O–H groups in total. The molecule has 0 fully saturated rings. The first-order chi connectivity index (χ1) is 16.3. The molecule has 4 rings (SSSR count). The number of thioether (sulfide) groups is 1. The molecule has 1 heterocycles. The van der Waals surface area contributed by atoms with E-state index < -0.39 is 0 Å². The van der Waals surface area contributed by atoms with Gasteiger partial charge in [0.2, 0.25) is 0 Å². The summed E-state index contributed by atoms with van der Waals surface area (Å²) < 4.78 is 5.39. The zero-order valence-corrected chi connectivity index (χ0v) is 21.4. The fourth-order valence-corrected chi connectivity index (χ4v) is 5.44. The molecule has 1 amide bonds. The van der Waals surface area contributed by atoms with Gasteiger partial charge in [0.1, 0.15) is 17.0 Å². The van der Waals surface area contributed by atoms with Gasteiger partial charge in [-0.3, -0.25) is 4.79 Å². The number of amides is 1. The van der Waals surface area contributed by atoms with E-state index in [0.717, 1.165) is 21.9 Å². The number of nitrogens with one attached hydrogen (secondary N) is 1. The molecule has 0 aliphatic carbocycles. The Labute approximate surface area is 205 Å². The number of hydrogen-bond acceptors (Lipinski definition) is 4. The number of anilines is 1. The Hall–Kier alpha value is -3.31. The Morgan fingerprint density at radius 1 is 0.824 bits per heavy atom. The molecule has 4 aromatic rings. The van der Waals surface area contributed by atoms with Gasteiger partial charge >= 0.3 is 0 Å².